The standard InChI is InChI=1S/C6H13N3O2/c7-6(10)9-3-1-5(8-11)2-4-9/h5,8,11H,1-4H2,(H2,7,10). The van der Waals surface area contributed by atoms with Gasteiger partial charge in [0, 0.05) is 19.1 Å². The van der Waals surface area contributed by atoms with Gasteiger partial charge in [0.05, 0.1) is 0 Å². The van der Waals surface area contributed by atoms with Gasteiger partial charge in [-0.3, -0.25) is 0 Å². The van der Waals surface area contributed by atoms with Gasteiger partial charge in [-0.25, -0.2) is 10.3 Å². The Kier molecular flexibility index (Phi) is 2.67. The van der Waals surface area contributed by atoms with E-state index < -0.39 is 0 Å². The van der Waals surface area contributed by atoms with Crippen LogP contribution in [0.25, 0.3) is 0 Å². The first-order chi connectivity index (χ1) is 5.24. The Labute approximate surface area is 65.1 Å². The zero-order chi connectivity index (χ0) is 8.27. The number of nitrogens with two attached hydrogens (primary N) is 1. The molecule has 0 bridgehead atoms. The molecule has 0 radical (unpaired) electrons. The number of primary amides is 1. The number of nitrogens with zero attached hydrogens (tertiary/aromatic N) is 1. The Balaban J connectivity index is 2.30. The number of amides is 2. The Morgan fingerprint density at radius 3 is 2.45 bits per heavy atom. The number of hydrogen-bond donors (Lipinski definition) is 3. The fourth-order valence-corrected chi connectivity index (χ4v) is 1.23. The maximum atomic E-state index is 10.6. The van der Waals surface area contributed by atoms with Crippen LogP contribution in [0.2, 0.25) is 0 Å². The van der Waals surface area contributed by atoms with Crippen LogP contribution in [0, 0.1) is 0 Å². The topological polar surface area (TPSA) is 78.6 Å². The van der Waals surface area contributed by atoms with Crippen LogP contribution in [-0.2, 0) is 0 Å². The number of rotatable bonds is 1. The van der Waals surface area contributed by atoms with E-state index in [0.717, 1.165) is 12.8 Å². The van der Waals surface area contributed by atoms with Crippen molar-refractivity contribution in [2.75, 3.05) is 13.1 Å². The molecule has 5 nitrogen and oxygen atoms in total. The minimum Gasteiger partial charge on any atom is -0.351 e. The Bertz CT molecular complexity index is 143. The van der Waals surface area contributed by atoms with E-state index in [1.165, 1.54) is 0 Å². The highest BCUT2D eigenvalue weighted by Gasteiger charge is 2.19. The lowest BCUT2D eigenvalue weighted by molar-refractivity contribution is 0.0905. The van der Waals surface area contributed by atoms with E-state index in [4.69, 9.17) is 10.9 Å². The summed E-state index contributed by atoms with van der Waals surface area (Å²) in [4.78, 5) is 12.2. The van der Waals surface area contributed by atoms with Crippen LogP contribution in [0.15, 0.2) is 0 Å². The predicted octanol–water partition coefficient (Wildman–Crippen LogP) is -0.492. The fraction of sp³-hybridized carbons (Fsp3) is 0.833. The van der Waals surface area contributed by atoms with E-state index in [-0.39, 0.29) is 12.1 Å². The third-order valence-corrected chi connectivity index (χ3v) is 1.99. The van der Waals surface area contributed by atoms with Gasteiger partial charge >= 0.3 is 6.03 Å². The summed E-state index contributed by atoms with van der Waals surface area (Å²) >= 11 is 0. The second kappa shape index (κ2) is 3.54. The Morgan fingerprint density at radius 1 is 1.55 bits per heavy atom. The monoisotopic (exact) mass is 159 g/mol. The molecule has 4 N–H and O–H groups in total. The van der Waals surface area contributed by atoms with Gasteiger partial charge in [-0.15, -0.1) is 0 Å². The second-order valence-corrected chi connectivity index (χ2v) is 2.73. The molecule has 0 aliphatic carbocycles. The van der Waals surface area contributed by atoms with E-state index in [1.807, 2.05) is 0 Å². The van der Waals surface area contributed by atoms with Crippen molar-refractivity contribution in [2.45, 2.75) is 18.9 Å². The molecule has 1 fully saturated rings. The predicted molar refractivity (Wildman–Crippen MR) is 39.1 cm³/mol. The van der Waals surface area contributed by atoms with Crippen LogP contribution in [0.4, 0.5) is 4.79 Å². The van der Waals surface area contributed by atoms with Crippen molar-refractivity contribution in [2.24, 2.45) is 5.73 Å². The molecule has 0 aromatic carbocycles. The summed E-state index contributed by atoms with van der Waals surface area (Å²) in [6.45, 7) is 1.27. The third-order valence-electron chi connectivity index (χ3n) is 1.99. The van der Waals surface area contributed by atoms with Gasteiger partial charge in [-0.1, -0.05) is 0 Å². The number of carbonyl (C=O) groups is 1. The quantitative estimate of drug-likeness (QED) is 0.452. The molecule has 1 saturated heterocycles. The Morgan fingerprint density at radius 2 is 2.09 bits per heavy atom. The maximum absolute atomic E-state index is 10.6. The lowest BCUT2D eigenvalue weighted by Crippen LogP contribution is -2.46. The van der Waals surface area contributed by atoms with E-state index in [1.54, 1.807) is 4.90 Å². The third kappa shape index (κ3) is 2.06. The molecule has 1 aliphatic heterocycles. The van der Waals surface area contributed by atoms with E-state index in [0.29, 0.717) is 13.1 Å². The Hall–Kier alpha value is -0.810. The summed E-state index contributed by atoms with van der Waals surface area (Å²) in [5.74, 6) is 0. The van der Waals surface area contributed by atoms with E-state index in [2.05, 4.69) is 5.48 Å². The van der Waals surface area contributed by atoms with Gasteiger partial charge in [-0.2, -0.15) is 0 Å². The van der Waals surface area contributed by atoms with Gasteiger partial charge < -0.3 is 15.8 Å². The molecule has 1 rings (SSSR count). The highest BCUT2D eigenvalue weighted by Crippen LogP contribution is 2.08. The molecule has 0 saturated carbocycles. The average Bonchev–Trinajstić information content (AvgIpc) is 2.05. The lowest BCUT2D eigenvalue weighted by Gasteiger charge is -2.29. The fourth-order valence-electron chi connectivity index (χ4n) is 1.23. The lowest BCUT2D eigenvalue weighted by atomic mass is 10.1. The van der Waals surface area contributed by atoms with Crippen LogP contribution in [-0.4, -0.2) is 35.3 Å². The first-order valence-electron chi connectivity index (χ1n) is 3.68. The SMILES string of the molecule is NC(=O)N1CCC(NO)CC1. The number of likely N-dealkylation sites (tertiary alicyclic amines) is 1. The van der Waals surface area contributed by atoms with E-state index >= 15 is 0 Å². The smallest absolute Gasteiger partial charge is 0.314 e. The summed E-state index contributed by atoms with van der Waals surface area (Å²) in [6, 6.07) is -0.257. The molecule has 0 aromatic heterocycles. The number of carbonyl (C=O) groups excluding carboxylic acids is 1. The average molecular weight is 159 g/mol. The minimum atomic E-state index is -0.374. The zero-order valence-corrected chi connectivity index (χ0v) is 6.29. The van der Waals surface area contributed by atoms with Crippen molar-refractivity contribution >= 4 is 6.03 Å². The maximum Gasteiger partial charge on any atom is 0.314 e. The molecule has 11 heavy (non-hydrogen) atoms. The van der Waals surface area contributed by atoms with Crippen molar-refractivity contribution in [3.8, 4) is 0 Å². The summed E-state index contributed by atoms with van der Waals surface area (Å²) < 4.78 is 0. The van der Waals surface area contributed by atoms with Crippen LogP contribution >= 0.6 is 0 Å². The summed E-state index contributed by atoms with van der Waals surface area (Å²) in [7, 11) is 0. The zero-order valence-electron chi connectivity index (χ0n) is 6.29. The van der Waals surface area contributed by atoms with Crippen LogP contribution < -0.4 is 11.2 Å². The molecular weight excluding hydrogens is 146 g/mol. The molecule has 5 heteroatoms. The number of piperidine rings is 1. The highest BCUT2D eigenvalue weighted by molar-refractivity contribution is 5.72. The van der Waals surface area contributed by atoms with Crippen LogP contribution in [0.1, 0.15) is 12.8 Å². The molecule has 0 atom stereocenters. The molecule has 1 aliphatic rings. The van der Waals surface area contributed by atoms with Crippen molar-refractivity contribution in [3.05, 3.63) is 0 Å². The van der Waals surface area contributed by atoms with Crippen molar-refractivity contribution in [1.82, 2.24) is 10.4 Å². The highest BCUT2D eigenvalue weighted by atomic mass is 16.5. The number of nitrogens with one attached hydrogen (secondary N) is 1. The molecule has 0 unspecified atom stereocenters. The molecule has 64 valence electrons. The van der Waals surface area contributed by atoms with Crippen molar-refractivity contribution < 1.29 is 10.0 Å². The van der Waals surface area contributed by atoms with Crippen molar-refractivity contribution in [3.63, 3.8) is 0 Å². The van der Waals surface area contributed by atoms with E-state index in [9.17, 15) is 4.79 Å². The van der Waals surface area contributed by atoms with Crippen LogP contribution in [0.3, 0.4) is 0 Å². The summed E-state index contributed by atoms with van der Waals surface area (Å²) in [6.07, 6.45) is 1.53. The van der Waals surface area contributed by atoms with Crippen LogP contribution in [0.5, 0.6) is 0 Å². The first kappa shape index (κ1) is 8.29. The normalized spacial score (nSPS) is 20.3. The minimum absolute atomic E-state index is 0.116. The largest absolute Gasteiger partial charge is 0.351 e. The molecular formula is C6H13N3O2. The molecule has 1 heterocycles. The second-order valence-electron chi connectivity index (χ2n) is 2.73. The number of hydroxylamine groups is 1. The summed E-state index contributed by atoms with van der Waals surface area (Å²) in [5.41, 5.74) is 7.24. The summed E-state index contributed by atoms with van der Waals surface area (Å²) in [5, 5.41) is 8.53. The number of hydrogen-bond acceptors (Lipinski definition) is 3. The first-order valence-corrected chi connectivity index (χ1v) is 3.68. The van der Waals surface area contributed by atoms with Gasteiger partial charge in [0.2, 0.25) is 0 Å². The van der Waals surface area contributed by atoms with Gasteiger partial charge in [0.15, 0.2) is 0 Å². The van der Waals surface area contributed by atoms with Gasteiger partial charge in [0.1, 0.15) is 0 Å². The molecule has 0 aromatic rings. The number of urea groups is 1. The van der Waals surface area contributed by atoms with Gasteiger partial charge in [-0.05, 0) is 12.8 Å². The van der Waals surface area contributed by atoms with Crippen molar-refractivity contribution in [1.29, 1.82) is 0 Å². The van der Waals surface area contributed by atoms with Gasteiger partial charge in [0.25, 0.3) is 0 Å². The molecule has 0 spiro atoms. The molecule has 2 amide bonds.